The Morgan fingerprint density at radius 3 is 1.71 bits per heavy atom. The van der Waals surface area contributed by atoms with Gasteiger partial charge < -0.3 is 5.53 Å². The molecule has 1 aliphatic rings. The summed E-state index contributed by atoms with van der Waals surface area (Å²) in [6.07, 6.45) is 10.1. The standard InChI is InChI=1S/C29H38N2.2CH3.Ni/c1-5-8-13-23-17-19-24(20-18-23)28-26(15-9-6-2)27(16-10-7-3)29(31(28)30)25-14-11-12-22(4)21-25;;;/h11-12,14,17-21H,5-10,13,15-16H2,1-4H3;2*1H3;. The Labute approximate surface area is 214 Å². The molecular formula is C31H44N2Ni. The molecule has 0 fully saturated rings. The molecule has 0 bridgehead atoms. The Morgan fingerprint density at radius 2 is 1.21 bits per heavy atom. The van der Waals surface area contributed by atoms with Crippen molar-refractivity contribution in [2.24, 2.45) is 0 Å². The summed E-state index contributed by atoms with van der Waals surface area (Å²) < 4.78 is 1.49. The number of hydrogen-bond acceptors (Lipinski definition) is 0. The van der Waals surface area contributed by atoms with Gasteiger partial charge in [0.25, 0.3) is 0 Å². The van der Waals surface area contributed by atoms with Crippen LogP contribution < -0.4 is 0 Å². The van der Waals surface area contributed by atoms with Gasteiger partial charge in [0.2, 0.25) is 11.4 Å². The maximum atomic E-state index is 11.5. The van der Waals surface area contributed by atoms with Crippen LogP contribution in [0, 0.1) is 6.92 Å². The van der Waals surface area contributed by atoms with E-state index in [1.165, 1.54) is 39.8 Å². The van der Waals surface area contributed by atoms with E-state index in [9.17, 15) is 5.53 Å². The van der Waals surface area contributed by atoms with Crippen molar-refractivity contribution in [1.82, 2.24) is 0 Å². The van der Waals surface area contributed by atoms with Crippen molar-refractivity contribution in [1.29, 1.82) is 0 Å². The van der Waals surface area contributed by atoms with Gasteiger partial charge in [-0.05, 0) is 75.3 Å². The van der Waals surface area contributed by atoms with Crippen LogP contribution in [-0.4, -0.2) is 4.70 Å². The fourth-order valence-electron chi connectivity index (χ4n) is 4.49. The SMILES string of the molecule is CCCCC1=C(c2ccc(CCCC)cc2)[N+](=[N-])C(c2cccc(C)c2)=C1CCCC.[CH3][Ni][CH3]. The molecule has 34 heavy (non-hydrogen) atoms. The molecule has 0 aromatic heterocycles. The zero-order valence-electron chi connectivity index (χ0n) is 22.2. The number of aryl methyl sites for hydroxylation is 2. The number of hydrogen-bond donors (Lipinski definition) is 0. The first-order valence-electron chi connectivity index (χ1n) is 12.9. The van der Waals surface area contributed by atoms with Crippen LogP contribution >= 0.6 is 0 Å². The summed E-state index contributed by atoms with van der Waals surface area (Å²) in [5.41, 5.74) is 21.0. The van der Waals surface area contributed by atoms with Crippen LogP contribution in [-0.2, 0) is 20.9 Å². The predicted octanol–water partition coefficient (Wildman–Crippen LogP) is 10.1. The topological polar surface area (TPSA) is 25.3 Å². The molecule has 3 heteroatoms. The van der Waals surface area contributed by atoms with Crippen LogP contribution in [0.15, 0.2) is 59.7 Å². The average Bonchev–Trinajstić information content (AvgIpc) is 3.11. The van der Waals surface area contributed by atoms with Gasteiger partial charge in [0.05, 0.1) is 0 Å². The summed E-state index contributed by atoms with van der Waals surface area (Å²) in [6, 6.07) is 17.4. The van der Waals surface area contributed by atoms with Gasteiger partial charge in [-0.3, -0.25) is 0 Å². The fraction of sp³-hybridized carbons (Fsp3) is 0.484. The van der Waals surface area contributed by atoms with Gasteiger partial charge in [-0.2, -0.15) is 0 Å². The molecule has 0 atom stereocenters. The van der Waals surface area contributed by atoms with E-state index in [1.807, 2.05) is 0 Å². The molecule has 0 radical (unpaired) electrons. The molecule has 0 amide bonds. The molecule has 0 unspecified atom stereocenters. The van der Waals surface area contributed by atoms with Gasteiger partial charge in [0, 0.05) is 22.3 Å². The molecule has 0 aliphatic carbocycles. The minimum absolute atomic E-state index is 0.980. The van der Waals surface area contributed by atoms with Crippen LogP contribution in [0.25, 0.3) is 16.9 Å². The Morgan fingerprint density at radius 1 is 0.706 bits per heavy atom. The third-order valence-corrected chi connectivity index (χ3v) is 6.26. The van der Waals surface area contributed by atoms with E-state index in [1.54, 1.807) is 14.4 Å². The number of benzene rings is 2. The first kappa shape index (κ1) is 28.3. The van der Waals surface area contributed by atoms with Crippen molar-refractivity contribution >= 4 is 11.4 Å². The van der Waals surface area contributed by atoms with E-state index in [0.29, 0.717) is 0 Å². The number of allylic oxidation sites excluding steroid dienone is 2. The molecule has 0 spiro atoms. The van der Waals surface area contributed by atoms with Gasteiger partial charge in [0.1, 0.15) is 0 Å². The Hall–Kier alpha value is -1.99. The van der Waals surface area contributed by atoms with Crippen molar-refractivity contribution in [3.8, 4) is 0 Å². The van der Waals surface area contributed by atoms with Gasteiger partial charge in [-0.25, -0.2) is 4.70 Å². The molecular weight excluding hydrogens is 459 g/mol. The van der Waals surface area contributed by atoms with Crippen molar-refractivity contribution in [3.05, 3.63) is 87.5 Å². The van der Waals surface area contributed by atoms with Crippen molar-refractivity contribution in [2.45, 2.75) is 97.3 Å². The van der Waals surface area contributed by atoms with Crippen molar-refractivity contribution < 1.29 is 19.1 Å². The first-order chi connectivity index (χ1) is 16.5. The first-order valence-corrected chi connectivity index (χ1v) is 14.8. The van der Waals surface area contributed by atoms with Crippen LogP contribution in [0.1, 0.15) is 94.4 Å². The monoisotopic (exact) mass is 502 g/mol. The second kappa shape index (κ2) is 15.1. The van der Waals surface area contributed by atoms with Crippen LogP contribution in [0.5, 0.6) is 0 Å². The molecule has 0 saturated carbocycles. The molecule has 188 valence electrons. The number of unbranched alkanes of at least 4 members (excludes halogenated alkanes) is 3. The molecule has 3 rings (SSSR count). The predicted molar refractivity (Wildman–Crippen MR) is 144 cm³/mol. The molecule has 1 heterocycles. The molecule has 1 aliphatic heterocycles. The van der Waals surface area contributed by atoms with E-state index < -0.39 is 0 Å². The van der Waals surface area contributed by atoms with Crippen molar-refractivity contribution in [3.63, 3.8) is 0 Å². The summed E-state index contributed by atoms with van der Waals surface area (Å²) in [5, 5.41) is 0. The molecule has 2 aromatic carbocycles. The Bertz CT molecular complexity index is 983. The summed E-state index contributed by atoms with van der Waals surface area (Å²) in [4.78, 5) is 0. The summed E-state index contributed by atoms with van der Waals surface area (Å²) in [6.45, 7) is 8.83. The van der Waals surface area contributed by atoms with Gasteiger partial charge in [-0.15, -0.1) is 0 Å². The van der Waals surface area contributed by atoms with E-state index in [2.05, 4.69) is 88.0 Å². The Balaban J connectivity index is 0.00000129. The summed E-state index contributed by atoms with van der Waals surface area (Å²) in [7, 11) is 0. The number of nitrogens with zero attached hydrogens (tertiary/aromatic N) is 2. The van der Waals surface area contributed by atoms with Crippen molar-refractivity contribution in [2.75, 3.05) is 0 Å². The average molecular weight is 503 g/mol. The summed E-state index contributed by atoms with van der Waals surface area (Å²) >= 11 is 1.62. The quantitative estimate of drug-likeness (QED) is 0.215. The second-order valence-corrected chi connectivity index (χ2v) is 10.1. The molecule has 2 nitrogen and oxygen atoms in total. The van der Waals surface area contributed by atoms with E-state index >= 15 is 0 Å². The van der Waals surface area contributed by atoms with Crippen LogP contribution in [0.3, 0.4) is 0 Å². The summed E-state index contributed by atoms with van der Waals surface area (Å²) in [5.74, 6) is 4.12. The molecule has 2 aromatic rings. The van der Waals surface area contributed by atoms with Gasteiger partial charge >= 0.3 is 26.2 Å². The normalized spacial score (nSPS) is 13.5. The number of rotatable bonds is 11. The van der Waals surface area contributed by atoms with Crippen LogP contribution in [0.2, 0.25) is 11.8 Å². The fourth-order valence-corrected chi connectivity index (χ4v) is 4.49. The van der Waals surface area contributed by atoms with Gasteiger partial charge in [-0.1, -0.05) is 69.9 Å². The zero-order valence-corrected chi connectivity index (χ0v) is 23.2. The van der Waals surface area contributed by atoms with Gasteiger partial charge in [0.15, 0.2) is 0 Å². The van der Waals surface area contributed by atoms with E-state index in [4.69, 9.17) is 0 Å². The minimum atomic E-state index is 0.980. The third kappa shape index (κ3) is 7.51. The molecule has 0 N–H and O–H groups in total. The zero-order chi connectivity index (χ0) is 24.9. The maximum absolute atomic E-state index is 11.5. The van der Waals surface area contributed by atoms with E-state index in [-0.39, 0.29) is 0 Å². The Kier molecular flexibility index (Phi) is 12.5. The van der Waals surface area contributed by atoms with Crippen LogP contribution in [0.4, 0.5) is 0 Å². The van der Waals surface area contributed by atoms with E-state index in [0.717, 1.165) is 67.5 Å². The third-order valence-electron chi connectivity index (χ3n) is 6.26. The molecule has 0 saturated heterocycles. The second-order valence-electron chi connectivity index (χ2n) is 9.16.